The number of methoxy groups -OCH3 is 1. The molecule has 0 aliphatic rings. The number of aryl methyl sites for hydroxylation is 1. The van der Waals surface area contributed by atoms with Gasteiger partial charge in [0, 0.05) is 17.7 Å². The number of nitrogens with one attached hydrogen (secondary N) is 1. The summed E-state index contributed by atoms with van der Waals surface area (Å²) >= 11 is 0. The molecule has 114 valence electrons. The van der Waals surface area contributed by atoms with Gasteiger partial charge >= 0.3 is 5.97 Å². The lowest BCUT2D eigenvalue weighted by molar-refractivity contribution is -0.384. The molecule has 1 aromatic carbocycles. The smallest absolute Gasteiger partial charge is 0.339 e. The van der Waals surface area contributed by atoms with E-state index in [4.69, 9.17) is 0 Å². The number of nitro benzene ring substituents is 1. The van der Waals surface area contributed by atoms with Gasteiger partial charge in [0.2, 0.25) is 0 Å². The molecule has 21 heavy (non-hydrogen) atoms. The van der Waals surface area contributed by atoms with Gasteiger partial charge in [0.25, 0.3) is 11.6 Å². The molecule has 1 aromatic rings. The van der Waals surface area contributed by atoms with E-state index < -0.39 is 22.4 Å². The lowest BCUT2D eigenvalue weighted by Crippen LogP contribution is -2.47. The Morgan fingerprint density at radius 1 is 1.48 bits per heavy atom. The molecule has 0 bridgehead atoms. The standard InChI is InChI=1S/C13H16N2O6/c1-8-6-9(15(19)20)4-5-10(8)11(16)14-7-13(2,18)12(17)21-3/h4-6,18H,7H2,1-3H3,(H,14,16)/t13-/m1/s1. The van der Waals surface area contributed by atoms with Crippen molar-refractivity contribution in [2.24, 2.45) is 0 Å². The van der Waals surface area contributed by atoms with Crippen LogP contribution < -0.4 is 5.32 Å². The summed E-state index contributed by atoms with van der Waals surface area (Å²) in [6.45, 7) is 2.43. The lowest BCUT2D eigenvalue weighted by atomic mass is 10.1. The van der Waals surface area contributed by atoms with E-state index >= 15 is 0 Å². The molecule has 0 radical (unpaired) electrons. The van der Waals surface area contributed by atoms with E-state index in [0.717, 1.165) is 7.11 Å². The maximum atomic E-state index is 12.0. The SMILES string of the molecule is COC(=O)[C@](C)(O)CNC(=O)c1ccc([N+](=O)[O-])cc1C. The molecule has 1 amide bonds. The summed E-state index contributed by atoms with van der Waals surface area (Å²) in [6, 6.07) is 3.80. The van der Waals surface area contributed by atoms with Gasteiger partial charge in [0.05, 0.1) is 18.6 Å². The number of esters is 1. The third-order valence-corrected chi connectivity index (χ3v) is 2.88. The van der Waals surface area contributed by atoms with Gasteiger partial charge in [-0.1, -0.05) is 0 Å². The number of nitrogens with zero attached hydrogens (tertiary/aromatic N) is 1. The molecule has 0 aliphatic carbocycles. The molecule has 0 unspecified atom stereocenters. The summed E-state index contributed by atoms with van der Waals surface area (Å²) in [6.07, 6.45) is 0. The molecule has 2 N–H and O–H groups in total. The molecule has 0 saturated carbocycles. The first-order valence-corrected chi connectivity index (χ1v) is 6.03. The maximum absolute atomic E-state index is 12.0. The fraction of sp³-hybridized carbons (Fsp3) is 0.385. The largest absolute Gasteiger partial charge is 0.467 e. The van der Waals surface area contributed by atoms with Crippen LogP contribution in [0, 0.1) is 17.0 Å². The molecule has 0 heterocycles. The molecule has 0 fully saturated rings. The Bertz CT molecular complexity index is 582. The zero-order chi connectivity index (χ0) is 16.2. The van der Waals surface area contributed by atoms with E-state index in [-0.39, 0.29) is 17.8 Å². The van der Waals surface area contributed by atoms with Crippen LogP contribution in [0.4, 0.5) is 5.69 Å². The number of rotatable bonds is 5. The summed E-state index contributed by atoms with van der Waals surface area (Å²) in [7, 11) is 1.12. The van der Waals surface area contributed by atoms with E-state index in [0.29, 0.717) is 5.56 Å². The second kappa shape index (κ2) is 6.31. The Morgan fingerprint density at radius 2 is 2.10 bits per heavy atom. The Balaban J connectivity index is 2.82. The van der Waals surface area contributed by atoms with Crippen molar-refractivity contribution in [3.63, 3.8) is 0 Å². The zero-order valence-electron chi connectivity index (χ0n) is 11.9. The summed E-state index contributed by atoms with van der Waals surface area (Å²) in [5.74, 6) is -1.42. The van der Waals surface area contributed by atoms with Crippen LogP contribution in [0.3, 0.4) is 0 Å². The summed E-state index contributed by atoms with van der Waals surface area (Å²) in [5, 5.41) is 22.8. The van der Waals surface area contributed by atoms with E-state index in [1.54, 1.807) is 6.92 Å². The number of aliphatic hydroxyl groups is 1. The van der Waals surface area contributed by atoms with Crippen LogP contribution in [0.5, 0.6) is 0 Å². The van der Waals surface area contributed by atoms with Crippen LogP contribution in [0.2, 0.25) is 0 Å². The van der Waals surface area contributed by atoms with Crippen molar-refractivity contribution in [1.82, 2.24) is 5.32 Å². The highest BCUT2D eigenvalue weighted by Crippen LogP contribution is 2.17. The Labute approximate surface area is 120 Å². The Morgan fingerprint density at radius 3 is 2.57 bits per heavy atom. The van der Waals surface area contributed by atoms with Crippen molar-refractivity contribution in [1.29, 1.82) is 0 Å². The molecule has 1 atom stereocenters. The summed E-state index contributed by atoms with van der Waals surface area (Å²) in [4.78, 5) is 33.3. The van der Waals surface area contributed by atoms with Crippen molar-refractivity contribution in [2.45, 2.75) is 19.4 Å². The van der Waals surface area contributed by atoms with Crippen LogP contribution in [0.1, 0.15) is 22.8 Å². The van der Waals surface area contributed by atoms with E-state index in [1.165, 1.54) is 25.1 Å². The molecular formula is C13H16N2O6. The predicted molar refractivity (Wildman–Crippen MR) is 72.8 cm³/mol. The first-order chi connectivity index (χ1) is 9.69. The third-order valence-electron chi connectivity index (χ3n) is 2.88. The molecule has 8 nitrogen and oxygen atoms in total. The Kier molecular flexibility index (Phi) is 4.98. The van der Waals surface area contributed by atoms with Gasteiger partial charge < -0.3 is 15.2 Å². The van der Waals surface area contributed by atoms with Gasteiger partial charge in [-0.3, -0.25) is 14.9 Å². The minimum atomic E-state index is -1.85. The molecule has 0 saturated heterocycles. The van der Waals surface area contributed by atoms with Crippen LogP contribution in [0.15, 0.2) is 18.2 Å². The number of benzene rings is 1. The first kappa shape index (κ1) is 16.6. The van der Waals surface area contributed by atoms with Gasteiger partial charge in [-0.2, -0.15) is 0 Å². The number of ether oxygens (including phenoxy) is 1. The van der Waals surface area contributed by atoms with Gasteiger partial charge in [-0.05, 0) is 25.5 Å². The highest BCUT2D eigenvalue weighted by atomic mass is 16.6. The minimum absolute atomic E-state index is 0.120. The van der Waals surface area contributed by atoms with Crippen LogP contribution in [0.25, 0.3) is 0 Å². The van der Waals surface area contributed by atoms with Gasteiger partial charge in [-0.15, -0.1) is 0 Å². The number of hydrogen-bond donors (Lipinski definition) is 2. The van der Waals surface area contributed by atoms with Crippen LogP contribution in [-0.2, 0) is 9.53 Å². The molecule has 1 rings (SSSR count). The average Bonchev–Trinajstić information content (AvgIpc) is 2.43. The van der Waals surface area contributed by atoms with Gasteiger partial charge in [-0.25, -0.2) is 4.79 Å². The number of non-ortho nitro benzene ring substituents is 1. The summed E-state index contributed by atoms with van der Waals surface area (Å²) < 4.78 is 4.40. The van der Waals surface area contributed by atoms with Gasteiger partial charge in [0.1, 0.15) is 0 Å². The molecule has 0 aromatic heterocycles. The monoisotopic (exact) mass is 296 g/mol. The normalized spacial score (nSPS) is 13.1. The highest BCUT2D eigenvalue weighted by Gasteiger charge is 2.32. The quantitative estimate of drug-likeness (QED) is 0.465. The van der Waals surface area contributed by atoms with E-state index in [1.807, 2.05) is 0 Å². The topological polar surface area (TPSA) is 119 Å². The Hall–Kier alpha value is -2.48. The zero-order valence-corrected chi connectivity index (χ0v) is 11.9. The molecule has 0 spiro atoms. The second-order valence-corrected chi connectivity index (χ2v) is 4.70. The number of amides is 1. The number of carbonyl (C=O) groups excluding carboxylic acids is 2. The summed E-state index contributed by atoms with van der Waals surface area (Å²) in [5.41, 5.74) is -1.33. The number of hydrogen-bond acceptors (Lipinski definition) is 6. The van der Waals surface area contributed by atoms with Crippen LogP contribution >= 0.6 is 0 Å². The number of nitro groups is 1. The van der Waals surface area contributed by atoms with Crippen molar-refractivity contribution < 1.29 is 24.4 Å². The van der Waals surface area contributed by atoms with Crippen molar-refractivity contribution >= 4 is 17.6 Å². The lowest BCUT2D eigenvalue weighted by Gasteiger charge is -2.20. The maximum Gasteiger partial charge on any atom is 0.339 e. The fourth-order valence-corrected chi connectivity index (χ4v) is 1.66. The highest BCUT2D eigenvalue weighted by molar-refractivity contribution is 5.96. The van der Waals surface area contributed by atoms with Crippen molar-refractivity contribution in [3.8, 4) is 0 Å². The van der Waals surface area contributed by atoms with E-state index in [9.17, 15) is 24.8 Å². The minimum Gasteiger partial charge on any atom is -0.467 e. The van der Waals surface area contributed by atoms with Crippen molar-refractivity contribution in [2.75, 3.05) is 13.7 Å². The second-order valence-electron chi connectivity index (χ2n) is 4.70. The first-order valence-electron chi connectivity index (χ1n) is 6.03. The van der Waals surface area contributed by atoms with Crippen LogP contribution in [-0.4, -0.2) is 41.2 Å². The van der Waals surface area contributed by atoms with E-state index in [2.05, 4.69) is 10.1 Å². The molecular weight excluding hydrogens is 280 g/mol. The molecule has 0 aliphatic heterocycles. The fourth-order valence-electron chi connectivity index (χ4n) is 1.66. The number of carbonyl (C=O) groups is 2. The predicted octanol–water partition coefficient (Wildman–Crippen LogP) is 0.557. The van der Waals surface area contributed by atoms with Crippen molar-refractivity contribution in [3.05, 3.63) is 39.4 Å². The third kappa shape index (κ3) is 3.99. The molecule has 8 heteroatoms. The van der Waals surface area contributed by atoms with Gasteiger partial charge in [0.15, 0.2) is 5.60 Å². The average molecular weight is 296 g/mol.